The topological polar surface area (TPSA) is 59.9 Å². The van der Waals surface area contributed by atoms with Crippen LogP contribution in [-0.4, -0.2) is 24.6 Å². The van der Waals surface area contributed by atoms with E-state index in [1.165, 1.54) is 12.3 Å². The molecule has 0 fully saturated rings. The van der Waals surface area contributed by atoms with Crippen LogP contribution >= 0.6 is 0 Å². The maximum absolute atomic E-state index is 10.7. The molecule has 10 heavy (non-hydrogen) atoms. The number of rotatable bonds is 1. The quantitative estimate of drug-likeness (QED) is 0.524. The Morgan fingerprint density at radius 2 is 2.30 bits per heavy atom. The lowest BCUT2D eigenvalue weighted by Crippen LogP contribution is -1.99. The van der Waals surface area contributed by atoms with Crippen LogP contribution in [0.3, 0.4) is 0 Å². The summed E-state index contributed by atoms with van der Waals surface area (Å²) >= 11 is 0. The van der Waals surface area contributed by atoms with Crippen molar-refractivity contribution in [3.05, 3.63) is 18.6 Å². The number of nitrogens with zero attached hydrogens (tertiary/aromatic N) is 2. The zero-order chi connectivity index (χ0) is 7.61. The Hall–Kier alpha value is -0.970. The summed E-state index contributed by atoms with van der Waals surface area (Å²) in [5.41, 5.74) is 0. The fourth-order valence-corrected chi connectivity index (χ4v) is 0.971. The van der Waals surface area contributed by atoms with Gasteiger partial charge in [0.2, 0.25) is 0 Å². The van der Waals surface area contributed by atoms with Gasteiger partial charge >= 0.3 is 0 Å². The molecule has 0 N–H and O–H groups in total. The highest BCUT2D eigenvalue weighted by molar-refractivity contribution is 7.90. The first kappa shape index (κ1) is 7.14. The summed E-state index contributed by atoms with van der Waals surface area (Å²) in [6.07, 6.45) is 4.61. The molecule has 53 valence electrons. The normalized spacial score (nSPS) is 11.3. The average molecular weight is 157 g/mol. The number of hydrogen-bond acceptors (Lipinski definition) is 4. The number of sulfone groups is 1. The second-order valence-corrected chi connectivity index (χ2v) is 3.73. The van der Waals surface area contributed by atoms with E-state index in [-0.39, 0.29) is 5.03 Å². The molecule has 0 saturated carbocycles. The molecule has 0 aliphatic rings. The van der Waals surface area contributed by atoms with Crippen LogP contribution in [0, 0.1) is 6.33 Å². The van der Waals surface area contributed by atoms with Crippen molar-refractivity contribution in [3.8, 4) is 0 Å². The molecule has 4 nitrogen and oxygen atoms in total. The molecular formula is C5H5N2O2S. The van der Waals surface area contributed by atoms with Crippen LogP contribution in [0.5, 0.6) is 0 Å². The summed E-state index contributed by atoms with van der Waals surface area (Å²) in [6.45, 7) is 0. The highest BCUT2D eigenvalue weighted by atomic mass is 32.2. The predicted octanol–water partition coefficient (Wildman–Crippen LogP) is -0.320. The third-order valence-corrected chi connectivity index (χ3v) is 1.88. The van der Waals surface area contributed by atoms with Crippen molar-refractivity contribution in [2.75, 3.05) is 6.26 Å². The monoisotopic (exact) mass is 157 g/mol. The van der Waals surface area contributed by atoms with Crippen molar-refractivity contribution >= 4 is 9.84 Å². The minimum atomic E-state index is -3.19. The Morgan fingerprint density at radius 1 is 1.60 bits per heavy atom. The molecule has 1 radical (unpaired) electrons. The second kappa shape index (κ2) is 2.34. The van der Waals surface area contributed by atoms with E-state index >= 15 is 0 Å². The molecule has 0 spiro atoms. The standard InChI is InChI=1S/C5H5N2O2S/c1-10(8,9)5-2-3-6-4-7-5/h2-3H,1H3. The minimum Gasteiger partial charge on any atom is -0.234 e. The average Bonchev–Trinajstić information content (AvgIpc) is 1.88. The van der Waals surface area contributed by atoms with Gasteiger partial charge in [0.25, 0.3) is 0 Å². The lowest BCUT2D eigenvalue weighted by molar-refractivity contribution is 0.597. The van der Waals surface area contributed by atoms with Crippen LogP contribution in [0.15, 0.2) is 17.3 Å². The summed E-state index contributed by atoms with van der Waals surface area (Å²) in [6, 6.07) is 1.33. The molecule has 1 aromatic rings. The first-order valence-corrected chi connectivity index (χ1v) is 4.39. The number of hydrogen-bond donors (Lipinski definition) is 0. The van der Waals surface area contributed by atoms with E-state index in [0.29, 0.717) is 0 Å². The zero-order valence-electron chi connectivity index (χ0n) is 5.27. The van der Waals surface area contributed by atoms with Crippen molar-refractivity contribution in [2.45, 2.75) is 5.03 Å². The van der Waals surface area contributed by atoms with E-state index in [9.17, 15) is 8.42 Å². The number of aromatic nitrogens is 2. The van der Waals surface area contributed by atoms with Gasteiger partial charge in [-0.05, 0) is 6.07 Å². The fraction of sp³-hybridized carbons (Fsp3) is 0.200. The highest BCUT2D eigenvalue weighted by Crippen LogP contribution is 1.99. The van der Waals surface area contributed by atoms with E-state index in [1.807, 2.05) is 0 Å². The molecule has 1 heterocycles. The molecule has 0 aliphatic heterocycles. The molecule has 1 aromatic heterocycles. The smallest absolute Gasteiger partial charge is 0.198 e. The predicted molar refractivity (Wildman–Crippen MR) is 34.0 cm³/mol. The van der Waals surface area contributed by atoms with E-state index < -0.39 is 9.84 Å². The van der Waals surface area contributed by atoms with Gasteiger partial charge in [0, 0.05) is 12.5 Å². The Labute approximate surface area is 58.9 Å². The van der Waals surface area contributed by atoms with Crippen molar-refractivity contribution in [1.82, 2.24) is 9.97 Å². The Bertz CT molecular complexity index is 306. The van der Waals surface area contributed by atoms with Crippen LogP contribution in [-0.2, 0) is 9.84 Å². The molecule has 0 saturated heterocycles. The maximum Gasteiger partial charge on any atom is 0.198 e. The summed E-state index contributed by atoms with van der Waals surface area (Å²) in [5, 5.41) is 0.00231. The maximum atomic E-state index is 10.7. The lowest BCUT2D eigenvalue weighted by atomic mass is 10.7. The van der Waals surface area contributed by atoms with Gasteiger partial charge in [0.15, 0.2) is 21.2 Å². The third kappa shape index (κ3) is 1.51. The van der Waals surface area contributed by atoms with Crippen molar-refractivity contribution in [3.63, 3.8) is 0 Å². The van der Waals surface area contributed by atoms with E-state index in [0.717, 1.165) is 6.26 Å². The highest BCUT2D eigenvalue weighted by Gasteiger charge is 2.05. The molecule has 0 bridgehead atoms. The molecule has 0 amide bonds. The van der Waals surface area contributed by atoms with Gasteiger partial charge in [-0.15, -0.1) is 0 Å². The summed E-state index contributed by atoms with van der Waals surface area (Å²) in [7, 11) is -3.19. The van der Waals surface area contributed by atoms with Crippen LogP contribution in [0.25, 0.3) is 0 Å². The first-order chi connectivity index (χ1) is 4.61. The molecule has 1 rings (SSSR count). The third-order valence-electron chi connectivity index (χ3n) is 0.889. The van der Waals surface area contributed by atoms with Crippen LogP contribution < -0.4 is 0 Å². The molecule has 0 aromatic carbocycles. The molecule has 0 unspecified atom stereocenters. The van der Waals surface area contributed by atoms with E-state index in [1.54, 1.807) is 0 Å². The molecule has 0 atom stereocenters. The van der Waals surface area contributed by atoms with Crippen LogP contribution in [0.4, 0.5) is 0 Å². The van der Waals surface area contributed by atoms with Crippen molar-refractivity contribution < 1.29 is 8.42 Å². The minimum absolute atomic E-state index is 0.00231. The van der Waals surface area contributed by atoms with Crippen molar-refractivity contribution in [1.29, 1.82) is 0 Å². The summed E-state index contributed by atoms with van der Waals surface area (Å²) in [4.78, 5) is 6.88. The molecule has 5 heteroatoms. The van der Waals surface area contributed by atoms with Crippen LogP contribution in [0.2, 0.25) is 0 Å². The fourth-order valence-electron chi connectivity index (χ4n) is 0.456. The second-order valence-electron chi connectivity index (χ2n) is 1.77. The molecule has 0 aliphatic carbocycles. The Morgan fingerprint density at radius 3 is 2.60 bits per heavy atom. The van der Waals surface area contributed by atoms with Gasteiger partial charge in [-0.3, -0.25) is 0 Å². The Balaban J connectivity index is 3.22. The SMILES string of the molecule is CS(=O)(=O)c1ccn[c]n1. The zero-order valence-corrected chi connectivity index (χ0v) is 6.09. The first-order valence-electron chi connectivity index (χ1n) is 2.50. The van der Waals surface area contributed by atoms with Gasteiger partial charge in [0.05, 0.1) is 0 Å². The summed E-state index contributed by atoms with van der Waals surface area (Å²) in [5.74, 6) is 0. The van der Waals surface area contributed by atoms with Gasteiger partial charge < -0.3 is 0 Å². The van der Waals surface area contributed by atoms with Gasteiger partial charge in [0.1, 0.15) is 0 Å². The van der Waals surface area contributed by atoms with Crippen molar-refractivity contribution in [2.24, 2.45) is 0 Å². The van der Waals surface area contributed by atoms with Crippen LogP contribution in [0.1, 0.15) is 0 Å². The lowest BCUT2D eigenvalue weighted by Gasteiger charge is -1.91. The van der Waals surface area contributed by atoms with Gasteiger partial charge in [-0.25, -0.2) is 18.4 Å². The Kier molecular flexibility index (Phi) is 1.67. The summed E-state index contributed by atoms with van der Waals surface area (Å²) < 4.78 is 21.4. The van der Waals surface area contributed by atoms with Gasteiger partial charge in [-0.2, -0.15) is 0 Å². The molecular weight excluding hydrogens is 152 g/mol. The van der Waals surface area contributed by atoms with Gasteiger partial charge in [-0.1, -0.05) is 0 Å². The van der Waals surface area contributed by atoms with E-state index in [4.69, 9.17) is 0 Å². The van der Waals surface area contributed by atoms with E-state index in [2.05, 4.69) is 16.3 Å². The largest absolute Gasteiger partial charge is 0.234 e.